The number of hydrogen-bond acceptors (Lipinski definition) is 2. The molecule has 2 aromatic rings. The van der Waals surface area contributed by atoms with Crippen molar-refractivity contribution >= 4 is 33.6 Å². The quantitative estimate of drug-likeness (QED) is 0.724. The fourth-order valence-corrected chi connectivity index (χ4v) is 3.34. The molecule has 0 saturated carbocycles. The van der Waals surface area contributed by atoms with E-state index in [-0.39, 0.29) is 11.2 Å². The summed E-state index contributed by atoms with van der Waals surface area (Å²) in [6, 6.07) is 18.3. The molecule has 2 nitrogen and oxygen atoms in total. The van der Waals surface area contributed by atoms with Gasteiger partial charge in [0.1, 0.15) is 0 Å². The van der Waals surface area contributed by atoms with Crippen molar-refractivity contribution in [3.8, 4) is 0 Å². The molecule has 0 aliphatic carbocycles. The molecule has 0 saturated heterocycles. The summed E-state index contributed by atoms with van der Waals surface area (Å²) in [6.07, 6.45) is 0. The van der Waals surface area contributed by atoms with Gasteiger partial charge in [-0.25, -0.2) is 0 Å². The molecule has 22 heavy (non-hydrogen) atoms. The third kappa shape index (κ3) is 5.18. The van der Waals surface area contributed by atoms with Crippen molar-refractivity contribution in [2.45, 2.75) is 24.5 Å². The fourth-order valence-electron chi connectivity index (χ4n) is 2.12. The number of amides is 1. The molecule has 2 aromatic carbocycles. The van der Waals surface area contributed by atoms with Gasteiger partial charge in [-0.2, -0.15) is 0 Å². The van der Waals surface area contributed by atoms with Crippen molar-refractivity contribution in [3.63, 3.8) is 0 Å². The van der Waals surface area contributed by atoms with Gasteiger partial charge in [0.05, 0.1) is 5.25 Å². The predicted molar refractivity (Wildman–Crippen MR) is 97.8 cm³/mol. The molecule has 0 bridgehead atoms. The van der Waals surface area contributed by atoms with Crippen LogP contribution in [-0.2, 0) is 17.1 Å². The van der Waals surface area contributed by atoms with E-state index in [1.807, 2.05) is 56.4 Å². The van der Waals surface area contributed by atoms with E-state index < -0.39 is 0 Å². The third-order valence-corrected chi connectivity index (χ3v) is 5.13. The highest BCUT2D eigenvalue weighted by atomic mass is 79.9. The van der Waals surface area contributed by atoms with Crippen molar-refractivity contribution in [2.24, 2.45) is 0 Å². The van der Waals surface area contributed by atoms with E-state index in [1.165, 1.54) is 5.56 Å². The second-order valence-electron chi connectivity index (χ2n) is 5.26. The van der Waals surface area contributed by atoms with Crippen molar-refractivity contribution < 1.29 is 4.79 Å². The van der Waals surface area contributed by atoms with E-state index >= 15 is 0 Å². The second kappa shape index (κ2) is 8.39. The van der Waals surface area contributed by atoms with Crippen LogP contribution in [0.1, 0.15) is 18.1 Å². The summed E-state index contributed by atoms with van der Waals surface area (Å²) in [4.78, 5) is 14.2. The van der Waals surface area contributed by atoms with E-state index in [4.69, 9.17) is 0 Å². The molecule has 4 heteroatoms. The lowest BCUT2D eigenvalue weighted by Crippen LogP contribution is -2.32. The molecule has 0 aliphatic rings. The first-order valence-corrected chi connectivity index (χ1v) is 9.05. The van der Waals surface area contributed by atoms with Gasteiger partial charge in [0.25, 0.3) is 0 Å². The number of hydrogen-bond donors (Lipinski definition) is 0. The second-order valence-corrected chi connectivity index (χ2v) is 7.50. The van der Waals surface area contributed by atoms with Gasteiger partial charge in [-0.05, 0) is 30.2 Å². The maximum atomic E-state index is 12.4. The standard InChI is InChI=1S/C18H20BrNOS/c1-14(22-13-16-8-10-17(19)11-9-16)18(21)20(2)12-15-6-4-3-5-7-15/h3-11,14H,12-13H2,1-2H3. The number of nitrogens with zero attached hydrogens (tertiary/aromatic N) is 1. The lowest BCUT2D eigenvalue weighted by atomic mass is 10.2. The highest BCUT2D eigenvalue weighted by Gasteiger charge is 2.18. The van der Waals surface area contributed by atoms with Crippen LogP contribution in [0.15, 0.2) is 59.1 Å². The van der Waals surface area contributed by atoms with Crippen LogP contribution in [0.2, 0.25) is 0 Å². The van der Waals surface area contributed by atoms with Gasteiger partial charge in [0, 0.05) is 23.8 Å². The summed E-state index contributed by atoms with van der Waals surface area (Å²) < 4.78 is 1.08. The first kappa shape index (κ1) is 17.1. The Balaban J connectivity index is 1.84. The molecule has 0 heterocycles. The minimum Gasteiger partial charge on any atom is -0.340 e. The molecule has 2 rings (SSSR count). The van der Waals surface area contributed by atoms with Crippen LogP contribution in [-0.4, -0.2) is 23.1 Å². The van der Waals surface area contributed by atoms with E-state index in [9.17, 15) is 4.79 Å². The van der Waals surface area contributed by atoms with E-state index in [1.54, 1.807) is 16.7 Å². The number of benzene rings is 2. The Morgan fingerprint density at radius 2 is 1.73 bits per heavy atom. The van der Waals surface area contributed by atoms with Crippen LogP contribution in [0.3, 0.4) is 0 Å². The predicted octanol–water partition coefficient (Wildman–Crippen LogP) is 4.73. The monoisotopic (exact) mass is 377 g/mol. The maximum Gasteiger partial charge on any atom is 0.235 e. The molecule has 1 unspecified atom stereocenters. The lowest BCUT2D eigenvalue weighted by molar-refractivity contribution is -0.129. The average Bonchev–Trinajstić information content (AvgIpc) is 2.54. The normalized spacial score (nSPS) is 12.0. The van der Waals surface area contributed by atoms with Gasteiger partial charge < -0.3 is 4.90 Å². The van der Waals surface area contributed by atoms with Crippen LogP contribution in [0.4, 0.5) is 0 Å². The Morgan fingerprint density at radius 3 is 2.36 bits per heavy atom. The zero-order valence-corrected chi connectivity index (χ0v) is 15.2. The number of rotatable bonds is 6. The molecule has 0 radical (unpaired) electrons. The largest absolute Gasteiger partial charge is 0.340 e. The molecule has 0 spiro atoms. The van der Waals surface area contributed by atoms with Gasteiger partial charge in [-0.15, -0.1) is 11.8 Å². The van der Waals surface area contributed by atoms with Crippen molar-refractivity contribution in [2.75, 3.05) is 7.05 Å². The Bertz CT molecular complexity index is 600. The molecule has 0 aliphatic heterocycles. The molecule has 0 aromatic heterocycles. The maximum absolute atomic E-state index is 12.4. The van der Waals surface area contributed by atoms with Crippen molar-refractivity contribution in [3.05, 3.63) is 70.2 Å². The first-order chi connectivity index (χ1) is 10.6. The molecular weight excluding hydrogens is 358 g/mol. The number of thioether (sulfide) groups is 1. The summed E-state index contributed by atoms with van der Waals surface area (Å²) in [5.74, 6) is 1.02. The van der Waals surface area contributed by atoms with Crippen LogP contribution in [0.25, 0.3) is 0 Å². The van der Waals surface area contributed by atoms with Crippen LogP contribution in [0, 0.1) is 0 Å². The van der Waals surface area contributed by atoms with Crippen LogP contribution < -0.4 is 0 Å². The summed E-state index contributed by atoms with van der Waals surface area (Å²) in [5, 5.41) is -0.0441. The van der Waals surface area contributed by atoms with E-state index in [2.05, 4.69) is 28.1 Å². The number of halogens is 1. The van der Waals surface area contributed by atoms with Crippen LogP contribution >= 0.6 is 27.7 Å². The average molecular weight is 378 g/mol. The molecule has 0 N–H and O–H groups in total. The third-order valence-electron chi connectivity index (χ3n) is 3.40. The molecule has 0 fully saturated rings. The smallest absolute Gasteiger partial charge is 0.235 e. The summed E-state index contributed by atoms with van der Waals surface area (Å²) >= 11 is 5.11. The number of carbonyl (C=O) groups excluding carboxylic acids is 1. The SMILES string of the molecule is CC(SCc1ccc(Br)cc1)C(=O)N(C)Cc1ccccc1. The van der Waals surface area contributed by atoms with E-state index in [0.717, 1.165) is 15.8 Å². The topological polar surface area (TPSA) is 20.3 Å². The Morgan fingerprint density at radius 1 is 1.09 bits per heavy atom. The summed E-state index contributed by atoms with van der Waals surface area (Å²) in [7, 11) is 1.87. The molecule has 1 atom stereocenters. The van der Waals surface area contributed by atoms with Crippen molar-refractivity contribution in [1.82, 2.24) is 4.90 Å². The van der Waals surface area contributed by atoms with Crippen LogP contribution in [0.5, 0.6) is 0 Å². The fraction of sp³-hybridized carbons (Fsp3) is 0.278. The van der Waals surface area contributed by atoms with Gasteiger partial charge in [-0.3, -0.25) is 4.79 Å². The van der Waals surface area contributed by atoms with Gasteiger partial charge in [0.2, 0.25) is 5.91 Å². The lowest BCUT2D eigenvalue weighted by Gasteiger charge is -2.21. The van der Waals surface area contributed by atoms with Crippen molar-refractivity contribution in [1.29, 1.82) is 0 Å². The minimum atomic E-state index is -0.0441. The highest BCUT2D eigenvalue weighted by Crippen LogP contribution is 2.21. The molecule has 1 amide bonds. The Hall–Kier alpha value is -1.26. The van der Waals surface area contributed by atoms with Gasteiger partial charge in [0.15, 0.2) is 0 Å². The Kier molecular flexibility index (Phi) is 6.52. The van der Waals surface area contributed by atoms with Gasteiger partial charge >= 0.3 is 0 Å². The number of carbonyl (C=O) groups is 1. The highest BCUT2D eigenvalue weighted by molar-refractivity contribution is 9.10. The van der Waals surface area contributed by atoms with Gasteiger partial charge in [-0.1, -0.05) is 58.4 Å². The molecular formula is C18H20BrNOS. The zero-order valence-electron chi connectivity index (χ0n) is 12.8. The Labute approximate surface area is 145 Å². The minimum absolute atomic E-state index is 0.0441. The molecule has 116 valence electrons. The first-order valence-electron chi connectivity index (χ1n) is 7.21. The zero-order chi connectivity index (χ0) is 15.9. The summed E-state index contributed by atoms with van der Waals surface area (Å²) in [6.45, 7) is 2.64. The van der Waals surface area contributed by atoms with E-state index in [0.29, 0.717) is 6.54 Å². The summed E-state index contributed by atoms with van der Waals surface area (Å²) in [5.41, 5.74) is 2.39.